The third-order valence-corrected chi connectivity index (χ3v) is 19.7. The van der Waals surface area contributed by atoms with Crippen LogP contribution in [-0.2, 0) is 40.3 Å². The van der Waals surface area contributed by atoms with E-state index in [-0.39, 0.29) is 23.8 Å². The fourth-order valence-corrected chi connectivity index (χ4v) is 4.67. The van der Waals surface area contributed by atoms with Crippen LogP contribution in [0, 0.1) is 0 Å². The quantitative estimate of drug-likeness (QED) is 0.0264. The van der Waals surface area contributed by atoms with Gasteiger partial charge in [-0.2, -0.15) is 11.1 Å². The molecule has 13 N–H and O–H groups in total. The van der Waals surface area contributed by atoms with E-state index in [0.29, 0.717) is 5.04 Å². The number of alkyl halides is 5. The summed E-state index contributed by atoms with van der Waals surface area (Å²) in [5.74, 6) is -4.46. The first kappa shape index (κ1) is 77.6. The van der Waals surface area contributed by atoms with Gasteiger partial charge >= 0.3 is 5.97 Å². The molecule has 0 aliphatic heterocycles. The molecular weight excluding hydrogens is 1040 g/mol. The summed E-state index contributed by atoms with van der Waals surface area (Å²) in [6.45, 7) is 18.6. The fourth-order valence-electron chi connectivity index (χ4n) is 3.05. The number of nitrogens with two attached hydrogens (primary N) is 3. The van der Waals surface area contributed by atoms with E-state index >= 15 is 0 Å². The van der Waals surface area contributed by atoms with Crippen LogP contribution in [0.25, 0.3) is 0 Å². The molecule has 3 rings (SSSR count). The molecule has 3 aromatic carbocycles. The van der Waals surface area contributed by atoms with Crippen molar-refractivity contribution in [3.05, 3.63) is 108 Å². The van der Waals surface area contributed by atoms with Crippen molar-refractivity contribution in [1.29, 1.82) is 0 Å². The molecule has 0 fully saturated rings. The number of esters is 1. The number of carboxylic acids is 1. The zero-order valence-electron chi connectivity index (χ0n) is 42.6. The van der Waals surface area contributed by atoms with Crippen molar-refractivity contribution in [2.24, 2.45) is 17.2 Å². The maximum Gasteiger partial charge on any atom is 0.338 e. The van der Waals surface area contributed by atoms with Crippen LogP contribution in [0.4, 0.5) is 17.6 Å². The van der Waals surface area contributed by atoms with Gasteiger partial charge in [0.25, 0.3) is 0 Å². The zero-order chi connectivity index (χ0) is 55.2. The van der Waals surface area contributed by atoms with Crippen LogP contribution >= 0.6 is 27.0 Å². The Kier molecular flexibility index (Phi) is 47.5. The van der Waals surface area contributed by atoms with E-state index in [9.17, 15) is 41.8 Å². The number of aliphatic hydroxyl groups excluding tert-OH is 4. The molecular formula is C47H81BrClF4N4O11Si2-. The molecule has 15 nitrogen and oxygen atoms in total. The molecule has 70 heavy (non-hydrogen) atoms. The van der Waals surface area contributed by atoms with Crippen LogP contribution in [0.5, 0.6) is 0 Å². The lowest BCUT2D eigenvalue weighted by Crippen LogP contribution is -2.48. The Bertz CT molecular complexity index is 1720. The number of hydrogen-bond donors (Lipinski definition) is 8. The van der Waals surface area contributed by atoms with Gasteiger partial charge in [-0.15, -0.1) is 0 Å². The van der Waals surface area contributed by atoms with Crippen LogP contribution in [0.3, 0.4) is 0 Å². The van der Waals surface area contributed by atoms with Gasteiger partial charge in [0.1, 0.15) is 39.4 Å². The van der Waals surface area contributed by atoms with Gasteiger partial charge in [0.05, 0.1) is 5.97 Å². The van der Waals surface area contributed by atoms with Gasteiger partial charge in [0.2, 0.25) is 11.8 Å². The number of aliphatic hydroxyl groups is 4. The number of carbonyl (C=O) groups excluding carboxylic acids is 4. The molecule has 406 valence electrons. The second kappa shape index (κ2) is 42.8. The van der Waals surface area contributed by atoms with Crippen LogP contribution in [-0.4, -0.2) is 118 Å². The molecule has 0 heterocycles. The molecule has 2 amide bonds. The summed E-state index contributed by atoms with van der Waals surface area (Å²) in [6.07, 6.45) is -6.34. The number of benzene rings is 3. The summed E-state index contributed by atoms with van der Waals surface area (Å²) in [4.78, 5) is 40.6. The molecule has 3 aromatic rings. The zero-order valence-corrected chi connectivity index (χ0v) is 47.0. The summed E-state index contributed by atoms with van der Waals surface area (Å²) in [7, 11) is -2.48. The number of aliphatic carboxylic acids is 1. The van der Waals surface area contributed by atoms with Crippen molar-refractivity contribution < 1.29 is 71.4 Å². The van der Waals surface area contributed by atoms with Gasteiger partial charge in [-0.1, -0.05) is 162 Å². The first-order chi connectivity index (χ1) is 31.7. The number of hydrogen-bond acceptors (Lipinski definition) is 13. The van der Waals surface area contributed by atoms with Crippen molar-refractivity contribution in [2.45, 2.75) is 127 Å². The molecule has 0 bridgehead atoms. The minimum Gasteiger partial charge on any atom is -0.547 e. The first-order valence-corrected chi connectivity index (χ1v) is 29.2. The summed E-state index contributed by atoms with van der Waals surface area (Å²) in [5.41, 5.74) is 18.4. The highest BCUT2D eigenvalue weighted by Gasteiger charge is 2.40. The van der Waals surface area contributed by atoms with E-state index in [0.717, 1.165) is 18.0 Å². The Labute approximate surface area is 428 Å². The van der Waals surface area contributed by atoms with Gasteiger partial charge in [-0.25, -0.2) is 22.4 Å². The van der Waals surface area contributed by atoms with E-state index in [2.05, 4.69) is 72.4 Å². The lowest BCUT2D eigenvalue weighted by Gasteiger charge is -2.37. The van der Waals surface area contributed by atoms with Crippen molar-refractivity contribution in [3.63, 3.8) is 0 Å². The average molecular weight is 1130 g/mol. The predicted molar refractivity (Wildman–Crippen MR) is 278 cm³/mol. The molecule has 0 aliphatic rings. The number of rotatable bonds is 14. The number of ether oxygens (including phenoxy) is 1. The second-order valence-corrected chi connectivity index (χ2v) is 29.9. The monoisotopic (exact) mass is 1120 g/mol. The summed E-state index contributed by atoms with van der Waals surface area (Å²) in [5, 5.41) is 42.3. The third-order valence-electron chi connectivity index (χ3n) is 9.34. The number of amides is 2. The normalized spacial score (nSPS) is 12.6. The van der Waals surface area contributed by atoms with Crippen LogP contribution in [0.2, 0.25) is 36.3 Å². The SMILES string of the molecule is BrCc1ccccc1.CC(C)(C)[Si](C)(C)Cl.CC(C)(C)[Si](C)(C)OC(CF)C(N)=O.CC(N)c1ccccc1.CO.N.NC(=O)C(O)CF.O=C(OCc1ccccc1)C(O)CF.O=C([O-])C(O)CF. The Morgan fingerprint density at radius 1 is 0.671 bits per heavy atom. The second-order valence-electron chi connectivity index (χ2n) is 17.3. The van der Waals surface area contributed by atoms with Gasteiger partial charge in [0.15, 0.2) is 34.0 Å². The van der Waals surface area contributed by atoms with Crippen molar-refractivity contribution in [1.82, 2.24) is 6.15 Å². The number of carboxylic acid groups (broad SMARTS) is 1. The highest BCUT2D eigenvalue weighted by atomic mass is 79.9. The molecule has 0 radical (unpaired) electrons. The summed E-state index contributed by atoms with van der Waals surface area (Å²) in [6, 6.07) is 29.5. The largest absolute Gasteiger partial charge is 0.547 e. The minimum atomic E-state index is -2.09. The molecule has 0 saturated carbocycles. The summed E-state index contributed by atoms with van der Waals surface area (Å²) < 4.78 is 56.4. The fraction of sp³-hybridized carbons (Fsp3) is 0.532. The summed E-state index contributed by atoms with van der Waals surface area (Å²) >= 11 is 9.51. The number of primary amides is 2. The van der Waals surface area contributed by atoms with Crippen molar-refractivity contribution in [3.8, 4) is 0 Å². The van der Waals surface area contributed by atoms with Gasteiger partial charge in [-0.05, 0) is 46.8 Å². The maximum atomic E-state index is 12.4. The standard InChI is InChI=1S/C10H11FO3.C9H20FNO2Si.C8H11N.C7H7Br.C6H15ClSi.C3H6FNO2.C3H5FO3.CH4O.H3N/c11-6-9(12)10(13)14-7-8-4-2-1-3-5-8;1-9(2,3)14(4,5)13-7(6-10)8(11)12;1-7(9)8-5-3-2-4-6-8;8-6-7-4-2-1-3-5-7;1-6(2,3)8(4,5)7;4-1-2(6)3(5)7;4-1-2(5)3(6)7;1-2;/h1-5,9,12H,6-7H2;7H,6H2,1-5H3,(H2,11,12);2-7H,9H2,1H3;1-5H,6H2;1-5H3;2,6H,1H2,(H2,5,7);2,5H,1H2,(H,6,7);2H,1H3;1H3/p-1. The topological polar surface area (TPSA) is 304 Å². The predicted octanol–water partition coefficient (Wildman–Crippen LogP) is 7.05. The molecule has 5 unspecified atom stereocenters. The van der Waals surface area contributed by atoms with Gasteiger partial charge < -0.3 is 62.8 Å². The average Bonchev–Trinajstić information content (AvgIpc) is 3.30. The van der Waals surface area contributed by atoms with Crippen molar-refractivity contribution in [2.75, 3.05) is 33.8 Å². The Balaban J connectivity index is -0.000000172. The highest BCUT2D eigenvalue weighted by Crippen LogP contribution is 2.38. The van der Waals surface area contributed by atoms with Crippen LogP contribution in [0.15, 0.2) is 91.0 Å². The van der Waals surface area contributed by atoms with E-state index in [1.165, 1.54) is 11.1 Å². The third kappa shape index (κ3) is 41.9. The minimum absolute atomic E-state index is 0. The van der Waals surface area contributed by atoms with Gasteiger partial charge in [-0.3, -0.25) is 9.59 Å². The lowest BCUT2D eigenvalue weighted by molar-refractivity contribution is -0.315. The molecule has 0 spiro atoms. The lowest BCUT2D eigenvalue weighted by atomic mass is 10.1. The Morgan fingerprint density at radius 3 is 1.23 bits per heavy atom. The first-order valence-electron chi connectivity index (χ1n) is 21.2. The van der Waals surface area contributed by atoms with Crippen molar-refractivity contribution >= 4 is 66.5 Å². The maximum absolute atomic E-state index is 12.4. The van der Waals surface area contributed by atoms with Crippen LogP contribution in [0.1, 0.15) is 71.2 Å². The van der Waals surface area contributed by atoms with E-state index < -0.39 is 90.6 Å². The smallest absolute Gasteiger partial charge is 0.338 e. The van der Waals surface area contributed by atoms with E-state index in [1.54, 1.807) is 24.3 Å². The molecule has 23 heteroatoms. The molecule has 5 atom stereocenters. The molecule has 0 aliphatic carbocycles. The molecule has 0 aromatic heterocycles. The number of carbonyl (C=O) groups is 4. The van der Waals surface area contributed by atoms with Gasteiger partial charge in [0, 0.05) is 18.5 Å². The Morgan fingerprint density at radius 2 is 1.03 bits per heavy atom. The van der Waals surface area contributed by atoms with Crippen LogP contribution < -0.4 is 28.5 Å². The van der Waals surface area contributed by atoms with E-state index in [4.69, 9.17) is 47.4 Å². The highest BCUT2D eigenvalue weighted by molar-refractivity contribution is 9.08. The molecule has 0 saturated heterocycles. The van der Waals surface area contributed by atoms with E-state index in [1.807, 2.05) is 95.4 Å². The number of halogens is 6. The Hall–Kier alpha value is -3.82.